The van der Waals surface area contributed by atoms with E-state index in [0.717, 1.165) is 0 Å². The monoisotopic (exact) mass is 387 g/mol. The zero-order valence-electron chi connectivity index (χ0n) is 12.4. The molecular formula is C18H12CuO6. The summed E-state index contributed by atoms with van der Waals surface area (Å²) < 4.78 is 0. The molecule has 0 saturated carbocycles. The van der Waals surface area contributed by atoms with Crippen molar-refractivity contribution in [3.63, 3.8) is 0 Å². The second-order valence-electron chi connectivity index (χ2n) is 5.55. The molecule has 0 spiro atoms. The Balaban J connectivity index is 0.00000182. The number of hydrogen-bond donors (Lipinski definition) is 6. The van der Waals surface area contributed by atoms with Crippen molar-refractivity contribution in [1.82, 2.24) is 0 Å². The van der Waals surface area contributed by atoms with Crippen molar-refractivity contribution < 1.29 is 47.7 Å². The maximum absolute atomic E-state index is 10.3. The molecule has 0 fully saturated rings. The molecule has 4 aromatic rings. The first kappa shape index (κ1) is 16.8. The van der Waals surface area contributed by atoms with Gasteiger partial charge in [0.15, 0.2) is 23.0 Å². The summed E-state index contributed by atoms with van der Waals surface area (Å²) in [5.74, 6) is -3.99. The molecule has 0 atom stereocenters. The Morgan fingerprint density at radius 2 is 0.920 bits per heavy atom. The van der Waals surface area contributed by atoms with Crippen LogP contribution in [0.5, 0.6) is 34.5 Å². The van der Waals surface area contributed by atoms with Gasteiger partial charge in [-0.15, -0.1) is 0 Å². The molecule has 25 heavy (non-hydrogen) atoms. The molecule has 6 N–H and O–H groups in total. The van der Waals surface area contributed by atoms with Crippen LogP contribution >= 0.6 is 0 Å². The minimum absolute atomic E-state index is 0. The molecule has 0 aliphatic rings. The van der Waals surface area contributed by atoms with Gasteiger partial charge in [-0.2, -0.15) is 0 Å². The molecule has 131 valence electrons. The first-order chi connectivity index (χ1) is 11.4. The van der Waals surface area contributed by atoms with E-state index in [4.69, 9.17) is 0 Å². The van der Waals surface area contributed by atoms with Gasteiger partial charge in [-0.3, -0.25) is 0 Å². The van der Waals surface area contributed by atoms with Gasteiger partial charge in [0.25, 0.3) is 0 Å². The van der Waals surface area contributed by atoms with Crippen LogP contribution in [0.4, 0.5) is 0 Å². The molecule has 0 bridgehead atoms. The van der Waals surface area contributed by atoms with Crippen LogP contribution in [0.25, 0.3) is 32.3 Å². The Kier molecular flexibility index (Phi) is 3.71. The van der Waals surface area contributed by atoms with Crippen LogP contribution in [0.2, 0.25) is 0 Å². The molecule has 0 saturated heterocycles. The topological polar surface area (TPSA) is 121 Å². The third-order valence-corrected chi connectivity index (χ3v) is 4.29. The third kappa shape index (κ3) is 2.03. The Hall–Kier alpha value is -3.02. The largest absolute Gasteiger partial charge is 0.504 e. The van der Waals surface area contributed by atoms with E-state index in [2.05, 4.69) is 0 Å². The van der Waals surface area contributed by atoms with Gasteiger partial charge >= 0.3 is 0 Å². The third-order valence-electron chi connectivity index (χ3n) is 4.29. The molecule has 7 heteroatoms. The van der Waals surface area contributed by atoms with E-state index in [9.17, 15) is 30.6 Å². The van der Waals surface area contributed by atoms with E-state index < -0.39 is 34.5 Å². The van der Waals surface area contributed by atoms with Gasteiger partial charge in [0.05, 0.1) is 0 Å². The van der Waals surface area contributed by atoms with E-state index in [1.807, 2.05) is 0 Å². The standard InChI is InChI=1S/C18H12O6.Cu/c19-10-6-5-9-7-3-1-2-4-8(7)12-13(11(9)14(10)20)16(22)18(24)17(23)15(12)21;/h1-6,19-24H;. The molecule has 0 unspecified atom stereocenters. The predicted molar refractivity (Wildman–Crippen MR) is 88.9 cm³/mol. The van der Waals surface area contributed by atoms with Gasteiger partial charge in [-0.1, -0.05) is 24.3 Å². The van der Waals surface area contributed by atoms with Crippen LogP contribution in [0.3, 0.4) is 0 Å². The minimum Gasteiger partial charge on any atom is -0.504 e. The van der Waals surface area contributed by atoms with Crippen molar-refractivity contribution in [2.75, 3.05) is 0 Å². The molecule has 4 rings (SSSR count). The summed E-state index contributed by atoms with van der Waals surface area (Å²) in [6, 6.07) is 9.77. The molecule has 0 aromatic heterocycles. The van der Waals surface area contributed by atoms with E-state index in [0.29, 0.717) is 16.2 Å². The molecule has 0 amide bonds. The average molecular weight is 388 g/mol. The van der Waals surface area contributed by atoms with Crippen molar-refractivity contribution >= 4 is 32.3 Å². The Morgan fingerprint density at radius 1 is 0.440 bits per heavy atom. The predicted octanol–water partition coefficient (Wildman–Crippen LogP) is 3.38. The van der Waals surface area contributed by atoms with Gasteiger partial charge in [-0.25, -0.2) is 0 Å². The second kappa shape index (κ2) is 5.51. The summed E-state index contributed by atoms with van der Waals surface area (Å²) in [7, 11) is 0. The van der Waals surface area contributed by atoms with Gasteiger partial charge in [-0.05, 0) is 28.3 Å². The van der Waals surface area contributed by atoms with Gasteiger partial charge in [0.2, 0.25) is 11.5 Å². The van der Waals surface area contributed by atoms with E-state index in [1.54, 1.807) is 30.3 Å². The van der Waals surface area contributed by atoms with Crippen molar-refractivity contribution in [3.8, 4) is 34.5 Å². The molecule has 0 heterocycles. The average Bonchev–Trinajstić information content (AvgIpc) is 2.59. The second-order valence-corrected chi connectivity index (χ2v) is 5.55. The number of rotatable bonds is 0. The summed E-state index contributed by atoms with van der Waals surface area (Å²) in [6.07, 6.45) is 0. The smallest absolute Gasteiger partial charge is 0.204 e. The first-order valence-corrected chi connectivity index (χ1v) is 7.08. The zero-order chi connectivity index (χ0) is 17.2. The summed E-state index contributed by atoms with van der Waals surface area (Å²) in [6.45, 7) is 0. The van der Waals surface area contributed by atoms with E-state index >= 15 is 0 Å². The Morgan fingerprint density at radius 3 is 1.56 bits per heavy atom. The number of phenolic OH excluding ortho intramolecular Hbond substituents is 6. The van der Waals surface area contributed by atoms with Gasteiger partial charge in [0, 0.05) is 33.2 Å². The zero-order valence-corrected chi connectivity index (χ0v) is 13.4. The maximum atomic E-state index is 10.3. The maximum Gasteiger partial charge on any atom is 0.204 e. The Bertz CT molecular complexity index is 1150. The first-order valence-electron chi connectivity index (χ1n) is 7.08. The normalized spacial score (nSPS) is 11.0. The van der Waals surface area contributed by atoms with Crippen molar-refractivity contribution in [1.29, 1.82) is 0 Å². The van der Waals surface area contributed by atoms with E-state index in [1.165, 1.54) is 6.07 Å². The summed E-state index contributed by atoms with van der Waals surface area (Å²) in [4.78, 5) is 0. The van der Waals surface area contributed by atoms with Crippen LogP contribution in [0.1, 0.15) is 0 Å². The summed E-state index contributed by atoms with van der Waals surface area (Å²) >= 11 is 0. The van der Waals surface area contributed by atoms with Crippen LogP contribution < -0.4 is 0 Å². The SMILES string of the molecule is Oc1ccc2c3ccccc3c3c(O)c(O)c(O)c(O)c3c2c1O.[Cu]. The Labute approximate surface area is 151 Å². The minimum atomic E-state index is -0.903. The quantitative estimate of drug-likeness (QED) is 0.119. The molecule has 6 nitrogen and oxygen atoms in total. The summed E-state index contributed by atoms with van der Waals surface area (Å²) in [5.41, 5.74) is 0. The van der Waals surface area contributed by atoms with Gasteiger partial charge in [0.1, 0.15) is 0 Å². The van der Waals surface area contributed by atoms with Crippen LogP contribution in [0, 0.1) is 0 Å². The number of benzene rings is 4. The van der Waals surface area contributed by atoms with Crippen molar-refractivity contribution in [2.45, 2.75) is 0 Å². The van der Waals surface area contributed by atoms with Crippen LogP contribution in [-0.4, -0.2) is 30.6 Å². The fourth-order valence-corrected chi connectivity index (χ4v) is 3.20. The van der Waals surface area contributed by atoms with Crippen LogP contribution in [-0.2, 0) is 17.1 Å². The fraction of sp³-hybridized carbons (Fsp3) is 0. The number of fused-ring (bicyclic) bond motifs is 6. The molecule has 1 radical (unpaired) electrons. The van der Waals surface area contributed by atoms with E-state index in [-0.39, 0.29) is 33.2 Å². The molecular weight excluding hydrogens is 376 g/mol. The number of aromatic hydroxyl groups is 6. The fourth-order valence-electron chi connectivity index (χ4n) is 3.20. The molecule has 0 aliphatic carbocycles. The summed E-state index contributed by atoms with van der Waals surface area (Å²) in [5, 5.41) is 62.2. The van der Waals surface area contributed by atoms with Crippen molar-refractivity contribution in [2.24, 2.45) is 0 Å². The van der Waals surface area contributed by atoms with Crippen molar-refractivity contribution in [3.05, 3.63) is 36.4 Å². The van der Waals surface area contributed by atoms with Crippen LogP contribution in [0.15, 0.2) is 36.4 Å². The number of hydrogen-bond acceptors (Lipinski definition) is 6. The molecule has 0 aliphatic heterocycles. The molecule has 4 aromatic carbocycles. The number of phenols is 6. The van der Waals surface area contributed by atoms with Gasteiger partial charge < -0.3 is 30.6 Å².